The number of amides is 1. The van der Waals surface area contributed by atoms with Crippen LogP contribution in [0.15, 0.2) is 18.2 Å². The lowest BCUT2D eigenvalue weighted by atomic mass is 10.1. The first-order valence-electron chi connectivity index (χ1n) is 5.85. The Hall–Kier alpha value is -2.59. The molecule has 3 N–H and O–H groups in total. The van der Waals surface area contributed by atoms with Crippen molar-refractivity contribution in [2.75, 3.05) is 19.0 Å². The van der Waals surface area contributed by atoms with E-state index in [0.717, 1.165) is 0 Å². The van der Waals surface area contributed by atoms with Gasteiger partial charge in [-0.05, 0) is 19.1 Å². The van der Waals surface area contributed by atoms with E-state index in [-0.39, 0.29) is 17.9 Å². The standard InChI is InChI=1S/C13H15N3O4/c1-3-20-13(18)10(15)12(17)16-11-8(7-14)5-4-6-9(11)19-2/h4-6,10H,3,15H2,1-2H3,(H,16,17). The van der Waals surface area contributed by atoms with Crippen LogP contribution in [0.5, 0.6) is 5.75 Å². The second kappa shape index (κ2) is 7.11. The van der Waals surface area contributed by atoms with Crippen molar-refractivity contribution >= 4 is 17.6 Å². The minimum absolute atomic E-state index is 0.123. The first-order chi connectivity index (χ1) is 9.54. The minimum atomic E-state index is -1.47. The topological polar surface area (TPSA) is 114 Å². The molecule has 7 heteroatoms. The van der Waals surface area contributed by atoms with Crippen molar-refractivity contribution in [1.29, 1.82) is 5.26 Å². The molecule has 1 unspecified atom stereocenters. The van der Waals surface area contributed by atoms with Crippen molar-refractivity contribution in [3.63, 3.8) is 0 Å². The highest BCUT2D eigenvalue weighted by molar-refractivity contribution is 6.09. The molecular weight excluding hydrogens is 262 g/mol. The number of nitrogens with two attached hydrogens (primary N) is 1. The van der Waals surface area contributed by atoms with Crippen molar-refractivity contribution in [3.8, 4) is 11.8 Å². The zero-order valence-corrected chi connectivity index (χ0v) is 11.2. The molecule has 0 aliphatic heterocycles. The molecule has 0 fully saturated rings. The fourth-order valence-electron chi connectivity index (χ4n) is 1.46. The largest absolute Gasteiger partial charge is 0.495 e. The van der Waals surface area contributed by atoms with Crippen LogP contribution >= 0.6 is 0 Å². The predicted molar refractivity (Wildman–Crippen MR) is 70.9 cm³/mol. The average molecular weight is 277 g/mol. The molecule has 0 aliphatic rings. The van der Waals surface area contributed by atoms with Crippen LogP contribution in [-0.2, 0) is 14.3 Å². The highest BCUT2D eigenvalue weighted by Gasteiger charge is 2.25. The van der Waals surface area contributed by atoms with Crippen LogP contribution in [0.25, 0.3) is 0 Å². The van der Waals surface area contributed by atoms with Gasteiger partial charge in [0.2, 0.25) is 0 Å². The van der Waals surface area contributed by atoms with E-state index in [1.807, 2.05) is 6.07 Å². The number of carbonyl (C=O) groups is 2. The van der Waals surface area contributed by atoms with Crippen LogP contribution in [0.2, 0.25) is 0 Å². The summed E-state index contributed by atoms with van der Waals surface area (Å²) in [6, 6.07) is 5.14. The number of rotatable bonds is 5. The van der Waals surface area contributed by atoms with E-state index in [9.17, 15) is 9.59 Å². The zero-order valence-electron chi connectivity index (χ0n) is 11.2. The second-order valence-corrected chi connectivity index (χ2v) is 3.71. The first-order valence-corrected chi connectivity index (χ1v) is 5.85. The molecular formula is C13H15N3O4. The van der Waals surface area contributed by atoms with Gasteiger partial charge in [-0.1, -0.05) is 6.07 Å². The molecule has 20 heavy (non-hydrogen) atoms. The van der Waals surface area contributed by atoms with Gasteiger partial charge in [0, 0.05) is 0 Å². The van der Waals surface area contributed by atoms with Gasteiger partial charge in [-0.15, -0.1) is 0 Å². The number of hydrogen-bond acceptors (Lipinski definition) is 6. The average Bonchev–Trinajstić information content (AvgIpc) is 2.46. The van der Waals surface area contributed by atoms with Gasteiger partial charge in [-0.2, -0.15) is 5.26 Å². The monoisotopic (exact) mass is 277 g/mol. The summed E-state index contributed by atoms with van der Waals surface area (Å²) < 4.78 is 9.71. The van der Waals surface area contributed by atoms with Gasteiger partial charge < -0.3 is 20.5 Å². The van der Waals surface area contributed by atoms with Crippen molar-refractivity contribution in [1.82, 2.24) is 0 Å². The Balaban J connectivity index is 2.96. The zero-order chi connectivity index (χ0) is 15.1. The highest BCUT2D eigenvalue weighted by atomic mass is 16.5. The molecule has 0 spiro atoms. The molecule has 1 aromatic carbocycles. The molecule has 0 aromatic heterocycles. The Morgan fingerprint density at radius 3 is 2.75 bits per heavy atom. The van der Waals surface area contributed by atoms with Crippen LogP contribution in [0, 0.1) is 11.3 Å². The molecule has 0 radical (unpaired) electrons. The molecule has 1 amide bonds. The predicted octanol–water partition coefficient (Wildman–Crippen LogP) is 0.396. The van der Waals surface area contributed by atoms with Gasteiger partial charge in [0.1, 0.15) is 17.5 Å². The van der Waals surface area contributed by atoms with Crippen LogP contribution in [0.3, 0.4) is 0 Å². The van der Waals surface area contributed by atoms with E-state index in [0.29, 0.717) is 5.75 Å². The van der Waals surface area contributed by atoms with Gasteiger partial charge >= 0.3 is 5.97 Å². The Bertz CT molecular complexity index is 551. The van der Waals surface area contributed by atoms with Gasteiger partial charge in [0.25, 0.3) is 5.91 Å². The van der Waals surface area contributed by atoms with Crippen LogP contribution in [-0.4, -0.2) is 31.6 Å². The molecule has 1 rings (SSSR count). The molecule has 106 valence electrons. The summed E-state index contributed by atoms with van der Waals surface area (Å²) in [6.07, 6.45) is 0. The minimum Gasteiger partial charge on any atom is -0.495 e. The van der Waals surface area contributed by atoms with Crippen molar-refractivity contribution < 1.29 is 19.1 Å². The summed E-state index contributed by atoms with van der Waals surface area (Å²) in [5.74, 6) is -1.31. The molecule has 0 heterocycles. The fourth-order valence-corrected chi connectivity index (χ4v) is 1.46. The highest BCUT2D eigenvalue weighted by Crippen LogP contribution is 2.27. The Labute approximate surface area is 116 Å². The molecule has 1 aromatic rings. The smallest absolute Gasteiger partial charge is 0.332 e. The third-order valence-electron chi connectivity index (χ3n) is 2.44. The van der Waals surface area contributed by atoms with Gasteiger partial charge in [0.15, 0.2) is 6.04 Å². The van der Waals surface area contributed by atoms with E-state index in [1.54, 1.807) is 19.1 Å². The summed E-state index contributed by atoms with van der Waals surface area (Å²) in [7, 11) is 1.40. The number of carbonyl (C=O) groups excluding carboxylic acids is 2. The maximum absolute atomic E-state index is 11.9. The molecule has 0 saturated heterocycles. The number of ether oxygens (including phenoxy) is 2. The summed E-state index contributed by atoms with van der Waals surface area (Å²) in [6.45, 7) is 1.73. The molecule has 0 aliphatic carbocycles. The Morgan fingerprint density at radius 2 is 2.20 bits per heavy atom. The van der Waals surface area contributed by atoms with E-state index in [1.165, 1.54) is 13.2 Å². The number of esters is 1. The Kier molecular flexibility index (Phi) is 5.50. The van der Waals surface area contributed by atoms with Crippen molar-refractivity contribution in [2.24, 2.45) is 5.73 Å². The van der Waals surface area contributed by atoms with Crippen molar-refractivity contribution in [3.05, 3.63) is 23.8 Å². The van der Waals surface area contributed by atoms with E-state index < -0.39 is 17.9 Å². The number of nitrogens with zero attached hydrogens (tertiary/aromatic N) is 1. The fraction of sp³-hybridized carbons (Fsp3) is 0.308. The molecule has 1 atom stereocenters. The summed E-state index contributed by atoms with van der Waals surface area (Å²) in [4.78, 5) is 23.2. The number of nitrogens with one attached hydrogen (secondary N) is 1. The molecule has 0 bridgehead atoms. The maximum atomic E-state index is 11.9. The lowest BCUT2D eigenvalue weighted by Crippen LogP contribution is -2.43. The summed E-state index contributed by atoms with van der Waals surface area (Å²) >= 11 is 0. The summed E-state index contributed by atoms with van der Waals surface area (Å²) in [5, 5.41) is 11.4. The number of methoxy groups -OCH3 is 1. The normalized spacial score (nSPS) is 11.1. The summed E-state index contributed by atoms with van der Waals surface area (Å²) in [5.41, 5.74) is 5.84. The number of nitriles is 1. The number of benzene rings is 1. The number of anilines is 1. The number of para-hydroxylation sites is 1. The first kappa shape index (κ1) is 15.5. The lowest BCUT2D eigenvalue weighted by molar-refractivity contribution is -0.146. The van der Waals surface area contributed by atoms with Crippen molar-refractivity contribution in [2.45, 2.75) is 13.0 Å². The van der Waals surface area contributed by atoms with Crippen LogP contribution < -0.4 is 15.8 Å². The maximum Gasteiger partial charge on any atom is 0.332 e. The van der Waals surface area contributed by atoms with E-state index in [2.05, 4.69) is 10.1 Å². The number of hydrogen-bond donors (Lipinski definition) is 2. The Morgan fingerprint density at radius 1 is 1.50 bits per heavy atom. The molecule has 7 nitrogen and oxygen atoms in total. The molecule has 0 saturated carbocycles. The van der Waals surface area contributed by atoms with Crippen LogP contribution in [0.1, 0.15) is 12.5 Å². The quantitative estimate of drug-likeness (QED) is 0.594. The third-order valence-corrected chi connectivity index (χ3v) is 2.44. The van der Waals surface area contributed by atoms with Crippen LogP contribution in [0.4, 0.5) is 5.69 Å². The van der Waals surface area contributed by atoms with Gasteiger partial charge in [0.05, 0.1) is 19.3 Å². The van der Waals surface area contributed by atoms with E-state index >= 15 is 0 Å². The second-order valence-electron chi connectivity index (χ2n) is 3.71. The third kappa shape index (κ3) is 3.46. The van der Waals surface area contributed by atoms with Gasteiger partial charge in [-0.25, -0.2) is 4.79 Å². The lowest BCUT2D eigenvalue weighted by Gasteiger charge is -2.14. The van der Waals surface area contributed by atoms with E-state index in [4.69, 9.17) is 15.7 Å². The SMILES string of the molecule is CCOC(=O)C(N)C(=O)Nc1c(C#N)cccc1OC. The van der Waals surface area contributed by atoms with Gasteiger partial charge in [-0.3, -0.25) is 4.79 Å².